The lowest BCUT2D eigenvalue weighted by Crippen LogP contribution is -1.90. The highest BCUT2D eigenvalue weighted by Crippen LogP contribution is 2.31. The lowest BCUT2D eigenvalue weighted by molar-refractivity contribution is 0.457. The van der Waals surface area contributed by atoms with Gasteiger partial charge in [0.2, 0.25) is 5.89 Å². The van der Waals surface area contributed by atoms with Crippen molar-refractivity contribution >= 4 is 21.7 Å². The van der Waals surface area contributed by atoms with E-state index in [1.165, 1.54) is 6.26 Å². The maximum atomic E-state index is 11.5. The first-order valence-corrected chi connectivity index (χ1v) is 8.91. The molecule has 24 heavy (non-hydrogen) atoms. The van der Waals surface area contributed by atoms with E-state index >= 15 is 0 Å². The van der Waals surface area contributed by atoms with Crippen molar-refractivity contribution in [2.45, 2.75) is 5.22 Å². The van der Waals surface area contributed by atoms with Crippen molar-refractivity contribution in [2.75, 3.05) is 6.26 Å². The van der Waals surface area contributed by atoms with Gasteiger partial charge in [0.15, 0.2) is 0 Å². The van der Waals surface area contributed by atoms with Gasteiger partial charge in [0.25, 0.3) is 0 Å². The van der Waals surface area contributed by atoms with Crippen LogP contribution in [0.1, 0.15) is 0 Å². The Morgan fingerprint density at radius 3 is 2.46 bits per heavy atom. The second kappa shape index (κ2) is 5.98. The SMILES string of the molecule is CS(=O)c1nnc(-c2cc(-c3ccccc3)nc3ccccc23)o1. The Balaban J connectivity index is 1.97. The minimum atomic E-state index is -1.31. The van der Waals surface area contributed by atoms with Crippen LogP contribution in [0.5, 0.6) is 0 Å². The summed E-state index contributed by atoms with van der Waals surface area (Å²) >= 11 is 0. The average molecular weight is 335 g/mol. The van der Waals surface area contributed by atoms with Crippen molar-refractivity contribution in [1.29, 1.82) is 0 Å². The summed E-state index contributed by atoms with van der Waals surface area (Å²) in [6.07, 6.45) is 1.51. The standard InChI is InChI=1S/C18H13N3O2S/c1-24(22)18-21-20-17(23-18)14-11-16(12-7-3-2-4-8-12)19-15-10-6-5-9-13(14)15/h2-11H,1H3. The second-order valence-electron chi connectivity index (χ2n) is 5.27. The van der Waals surface area contributed by atoms with E-state index in [4.69, 9.17) is 9.40 Å². The number of benzene rings is 2. The predicted molar refractivity (Wildman–Crippen MR) is 92.8 cm³/mol. The molecule has 0 radical (unpaired) electrons. The van der Waals surface area contributed by atoms with Crippen LogP contribution in [0.2, 0.25) is 0 Å². The van der Waals surface area contributed by atoms with Gasteiger partial charge in [-0.3, -0.25) is 0 Å². The van der Waals surface area contributed by atoms with E-state index in [-0.39, 0.29) is 5.22 Å². The molecule has 2 aromatic heterocycles. The molecule has 6 heteroatoms. The van der Waals surface area contributed by atoms with E-state index in [2.05, 4.69) is 10.2 Å². The predicted octanol–water partition coefficient (Wildman–Crippen LogP) is 3.69. The van der Waals surface area contributed by atoms with Gasteiger partial charge < -0.3 is 4.42 Å². The van der Waals surface area contributed by atoms with Gasteiger partial charge in [-0.25, -0.2) is 9.19 Å². The Hall–Kier alpha value is -2.86. The lowest BCUT2D eigenvalue weighted by atomic mass is 10.0. The Morgan fingerprint density at radius 1 is 0.958 bits per heavy atom. The van der Waals surface area contributed by atoms with Crippen LogP contribution in [0, 0.1) is 0 Å². The Kier molecular flexibility index (Phi) is 3.66. The van der Waals surface area contributed by atoms with Gasteiger partial charge in [0.1, 0.15) is 10.8 Å². The molecular weight excluding hydrogens is 322 g/mol. The van der Waals surface area contributed by atoms with Gasteiger partial charge >= 0.3 is 5.22 Å². The molecule has 0 saturated heterocycles. The van der Waals surface area contributed by atoms with Crippen molar-refractivity contribution in [3.8, 4) is 22.7 Å². The van der Waals surface area contributed by atoms with Crippen molar-refractivity contribution in [3.05, 3.63) is 60.7 Å². The molecule has 118 valence electrons. The molecule has 4 aromatic rings. The molecule has 5 nitrogen and oxygen atoms in total. The first-order chi connectivity index (χ1) is 11.7. The number of fused-ring (bicyclic) bond motifs is 1. The van der Waals surface area contributed by atoms with Gasteiger partial charge in [0, 0.05) is 17.2 Å². The number of para-hydroxylation sites is 1. The molecule has 2 heterocycles. The zero-order chi connectivity index (χ0) is 16.5. The van der Waals surface area contributed by atoms with Gasteiger partial charge in [0.05, 0.1) is 16.8 Å². The number of hydrogen-bond donors (Lipinski definition) is 0. The molecule has 0 aliphatic heterocycles. The highest BCUT2D eigenvalue weighted by molar-refractivity contribution is 7.84. The fourth-order valence-electron chi connectivity index (χ4n) is 2.54. The van der Waals surface area contributed by atoms with Crippen LogP contribution in [0.15, 0.2) is 70.3 Å². The first kappa shape index (κ1) is 14.7. The van der Waals surface area contributed by atoms with Crippen molar-refractivity contribution in [3.63, 3.8) is 0 Å². The van der Waals surface area contributed by atoms with Gasteiger partial charge in [-0.1, -0.05) is 53.6 Å². The van der Waals surface area contributed by atoms with E-state index in [0.717, 1.165) is 27.7 Å². The third-order valence-corrected chi connectivity index (χ3v) is 4.33. The fourth-order valence-corrected chi connectivity index (χ4v) is 2.90. The van der Waals surface area contributed by atoms with E-state index < -0.39 is 10.8 Å². The molecule has 0 saturated carbocycles. The van der Waals surface area contributed by atoms with Crippen LogP contribution in [-0.4, -0.2) is 25.6 Å². The van der Waals surface area contributed by atoms with Gasteiger partial charge in [-0.2, -0.15) is 0 Å². The largest absolute Gasteiger partial charge is 0.409 e. The quantitative estimate of drug-likeness (QED) is 0.571. The molecule has 0 aliphatic rings. The summed E-state index contributed by atoms with van der Waals surface area (Å²) in [5.41, 5.74) is 3.44. The van der Waals surface area contributed by atoms with Crippen LogP contribution in [-0.2, 0) is 10.8 Å². The second-order valence-corrected chi connectivity index (χ2v) is 6.52. The molecule has 0 amide bonds. The molecule has 0 fully saturated rings. The third-order valence-electron chi connectivity index (χ3n) is 3.67. The van der Waals surface area contributed by atoms with Crippen molar-refractivity contribution < 1.29 is 8.63 Å². The molecule has 0 spiro atoms. The minimum absolute atomic E-state index is 0.118. The molecule has 2 aromatic carbocycles. The zero-order valence-electron chi connectivity index (χ0n) is 12.8. The van der Waals surface area contributed by atoms with E-state index in [1.807, 2.05) is 60.7 Å². The maximum Gasteiger partial charge on any atom is 0.307 e. The Labute approximate surface area is 140 Å². The highest BCUT2D eigenvalue weighted by atomic mass is 32.2. The maximum absolute atomic E-state index is 11.5. The molecule has 0 aliphatic carbocycles. The summed E-state index contributed by atoms with van der Waals surface area (Å²) in [5.74, 6) is 0.344. The van der Waals surface area contributed by atoms with E-state index in [1.54, 1.807) is 0 Å². The van der Waals surface area contributed by atoms with Crippen LogP contribution in [0.3, 0.4) is 0 Å². The van der Waals surface area contributed by atoms with Crippen LogP contribution >= 0.6 is 0 Å². The molecule has 1 atom stereocenters. The van der Waals surface area contributed by atoms with Crippen molar-refractivity contribution in [1.82, 2.24) is 15.2 Å². The van der Waals surface area contributed by atoms with Crippen LogP contribution in [0.4, 0.5) is 0 Å². The normalized spacial score (nSPS) is 12.4. The zero-order valence-corrected chi connectivity index (χ0v) is 13.7. The number of hydrogen-bond acceptors (Lipinski definition) is 5. The van der Waals surface area contributed by atoms with E-state index in [9.17, 15) is 4.21 Å². The number of pyridine rings is 1. The number of rotatable bonds is 3. The smallest absolute Gasteiger partial charge is 0.307 e. The van der Waals surface area contributed by atoms with E-state index in [0.29, 0.717) is 5.89 Å². The monoisotopic (exact) mass is 335 g/mol. The molecule has 0 N–H and O–H groups in total. The summed E-state index contributed by atoms with van der Waals surface area (Å²) in [5, 5.41) is 8.95. The molecule has 1 unspecified atom stereocenters. The van der Waals surface area contributed by atoms with Crippen LogP contribution < -0.4 is 0 Å². The minimum Gasteiger partial charge on any atom is -0.409 e. The summed E-state index contributed by atoms with van der Waals surface area (Å²) < 4.78 is 17.1. The molecular formula is C18H13N3O2S. The first-order valence-electron chi connectivity index (χ1n) is 7.35. The third kappa shape index (κ3) is 2.61. The van der Waals surface area contributed by atoms with Crippen molar-refractivity contribution in [2.24, 2.45) is 0 Å². The summed E-state index contributed by atoms with van der Waals surface area (Å²) in [6, 6.07) is 19.6. The molecule has 0 bridgehead atoms. The Bertz CT molecular complexity index is 1040. The lowest BCUT2D eigenvalue weighted by Gasteiger charge is -2.07. The Morgan fingerprint density at radius 2 is 1.71 bits per heavy atom. The summed E-state index contributed by atoms with van der Waals surface area (Å²) in [7, 11) is -1.31. The molecule has 4 rings (SSSR count). The number of nitrogens with zero attached hydrogens (tertiary/aromatic N) is 3. The number of aromatic nitrogens is 3. The van der Waals surface area contributed by atoms with Crippen LogP contribution in [0.25, 0.3) is 33.6 Å². The summed E-state index contributed by atoms with van der Waals surface area (Å²) in [4.78, 5) is 4.72. The fraction of sp³-hybridized carbons (Fsp3) is 0.0556. The average Bonchev–Trinajstić information content (AvgIpc) is 3.12. The van der Waals surface area contributed by atoms with Gasteiger partial charge in [-0.15, -0.1) is 5.10 Å². The van der Waals surface area contributed by atoms with Gasteiger partial charge in [-0.05, 0) is 12.1 Å². The highest BCUT2D eigenvalue weighted by Gasteiger charge is 2.16. The summed E-state index contributed by atoms with van der Waals surface area (Å²) in [6.45, 7) is 0. The topological polar surface area (TPSA) is 68.9 Å².